The molecule has 0 saturated carbocycles. The molecule has 2 heterocycles. The lowest BCUT2D eigenvalue weighted by molar-refractivity contribution is 0.574. The van der Waals surface area contributed by atoms with Gasteiger partial charge in [-0.1, -0.05) is 23.7 Å². The Balaban J connectivity index is 1.52. The van der Waals surface area contributed by atoms with Gasteiger partial charge in [0.05, 0.1) is 34.8 Å². The number of hydrogen-bond donors (Lipinski definition) is 2. The molecule has 0 aliphatic heterocycles. The third kappa shape index (κ3) is 5.30. The fourth-order valence-electron chi connectivity index (χ4n) is 2.86. The lowest BCUT2D eigenvalue weighted by Crippen LogP contribution is -2.30. The maximum atomic E-state index is 13.1. The lowest BCUT2D eigenvalue weighted by atomic mass is 10.2. The molecule has 148 valence electrons. The second kappa shape index (κ2) is 9.16. The number of hydrogen-bond acceptors (Lipinski definition) is 3. The molecular weight excluding hydrogens is 399 g/mol. The summed E-state index contributed by atoms with van der Waals surface area (Å²) in [4.78, 5) is 0. The number of halogens is 2. The third-order valence-electron chi connectivity index (χ3n) is 4.32. The molecule has 0 unspecified atom stereocenters. The van der Waals surface area contributed by atoms with Gasteiger partial charge in [0.1, 0.15) is 5.82 Å². The molecule has 0 fully saturated rings. The number of rotatable bonds is 7. The van der Waals surface area contributed by atoms with Gasteiger partial charge in [0.25, 0.3) is 0 Å². The summed E-state index contributed by atoms with van der Waals surface area (Å²) in [6.07, 6.45) is 4.28. The number of nitrogens with zero attached hydrogens (tertiary/aromatic N) is 4. The van der Waals surface area contributed by atoms with E-state index in [1.165, 1.54) is 12.1 Å². The second-order valence-corrected chi connectivity index (χ2v) is 7.33. The van der Waals surface area contributed by atoms with Crippen LogP contribution in [-0.2, 0) is 13.1 Å². The van der Waals surface area contributed by atoms with Crippen LogP contribution in [0.2, 0.25) is 5.02 Å². The van der Waals surface area contributed by atoms with Crippen molar-refractivity contribution < 1.29 is 4.39 Å². The smallest absolute Gasteiger partial charge is 0.170 e. The molecule has 6 nitrogen and oxygen atoms in total. The first kappa shape index (κ1) is 20.3. The Bertz CT molecular complexity index is 950. The van der Waals surface area contributed by atoms with Crippen LogP contribution in [0.4, 0.5) is 10.1 Å². The van der Waals surface area contributed by atoms with E-state index in [1.54, 1.807) is 29.2 Å². The number of benzene rings is 1. The average Bonchev–Trinajstić information content (AvgIpc) is 3.19. The molecule has 28 heavy (non-hydrogen) atoms. The minimum Gasteiger partial charge on any atom is -0.362 e. The van der Waals surface area contributed by atoms with Crippen LogP contribution in [0, 0.1) is 19.7 Å². The van der Waals surface area contributed by atoms with Gasteiger partial charge in [0, 0.05) is 19.3 Å². The van der Waals surface area contributed by atoms with E-state index in [0.29, 0.717) is 23.2 Å². The molecule has 0 aliphatic carbocycles. The van der Waals surface area contributed by atoms with Gasteiger partial charge >= 0.3 is 0 Å². The van der Waals surface area contributed by atoms with E-state index in [4.69, 9.17) is 23.8 Å². The van der Waals surface area contributed by atoms with E-state index in [2.05, 4.69) is 20.8 Å². The molecule has 0 aliphatic rings. The topological polar surface area (TPSA) is 59.7 Å². The summed E-state index contributed by atoms with van der Waals surface area (Å²) in [6, 6.07) is 6.43. The van der Waals surface area contributed by atoms with Crippen LogP contribution >= 0.6 is 23.8 Å². The van der Waals surface area contributed by atoms with Crippen molar-refractivity contribution in [3.8, 4) is 0 Å². The van der Waals surface area contributed by atoms with Gasteiger partial charge in [-0.25, -0.2) is 4.39 Å². The van der Waals surface area contributed by atoms with Crippen molar-refractivity contribution in [2.75, 3.05) is 11.9 Å². The summed E-state index contributed by atoms with van der Waals surface area (Å²) >= 11 is 11.2. The van der Waals surface area contributed by atoms with Crippen LogP contribution < -0.4 is 10.6 Å². The summed E-state index contributed by atoms with van der Waals surface area (Å²) in [5, 5.41) is 16.3. The minimum absolute atomic E-state index is 0.244. The fourth-order valence-corrected chi connectivity index (χ4v) is 3.22. The Morgan fingerprint density at radius 1 is 1.25 bits per heavy atom. The average molecular weight is 421 g/mol. The molecule has 3 rings (SSSR count). The summed E-state index contributed by atoms with van der Waals surface area (Å²) in [5.74, 6) is -0.244. The predicted octanol–water partition coefficient (Wildman–Crippen LogP) is 3.91. The Labute approximate surface area is 173 Å². The summed E-state index contributed by atoms with van der Waals surface area (Å²) < 4.78 is 16.8. The molecule has 0 radical (unpaired) electrons. The van der Waals surface area contributed by atoms with Crippen molar-refractivity contribution in [2.45, 2.75) is 33.4 Å². The molecule has 0 saturated heterocycles. The maximum absolute atomic E-state index is 13.1. The Hall–Kier alpha value is -2.45. The zero-order valence-corrected chi connectivity index (χ0v) is 17.3. The van der Waals surface area contributed by atoms with Gasteiger partial charge in [0.15, 0.2) is 5.11 Å². The van der Waals surface area contributed by atoms with Crippen LogP contribution in [0.15, 0.2) is 36.7 Å². The zero-order valence-electron chi connectivity index (χ0n) is 15.7. The highest BCUT2D eigenvalue weighted by Gasteiger charge is 2.13. The van der Waals surface area contributed by atoms with E-state index in [9.17, 15) is 4.39 Å². The molecule has 3 aromatic rings. The van der Waals surface area contributed by atoms with Gasteiger partial charge in [0.2, 0.25) is 0 Å². The zero-order chi connectivity index (χ0) is 20.1. The number of aromatic nitrogens is 4. The van der Waals surface area contributed by atoms with Crippen molar-refractivity contribution in [1.29, 1.82) is 0 Å². The Morgan fingerprint density at radius 2 is 2.00 bits per heavy atom. The van der Waals surface area contributed by atoms with E-state index >= 15 is 0 Å². The number of thiocarbonyl (C=S) groups is 1. The number of aryl methyl sites for hydroxylation is 2. The quantitative estimate of drug-likeness (QED) is 0.448. The van der Waals surface area contributed by atoms with Crippen LogP contribution in [0.3, 0.4) is 0 Å². The highest BCUT2D eigenvalue weighted by Crippen LogP contribution is 2.20. The van der Waals surface area contributed by atoms with Crippen LogP contribution in [0.1, 0.15) is 23.4 Å². The van der Waals surface area contributed by atoms with E-state index in [-0.39, 0.29) is 5.82 Å². The predicted molar refractivity (Wildman–Crippen MR) is 113 cm³/mol. The lowest BCUT2D eigenvalue weighted by Gasteiger charge is -2.11. The van der Waals surface area contributed by atoms with Crippen LogP contribution in [-0.4, -0.2) is 31.2 Å². The van der Waals surface area contributed by atoms with Crippen molar-refractivity contribution in [3.63, 3.8) is 0 Å². The van der Waals surface area contributed by atoms with Crippen LogP contribution in [0.25, 0.3) is 0 Å². The van der Waals surface area contributed by atoms with Gasteiger partial charge in [-0.05, 0) is 50.2 Å². The number of anilines is 1. The van der Waals surface area contributed by atoms with Gasteiger partial charge in [-0.15, -0.1) is 0 Å². The standard InChI is InChI=1S/C19H22ClFN6S/c1-13-18(14(2)27(25-13)11-15-4-6-17(21)7-5-15)24-19(28)22-8-3-9-26-12-16(20)10-23-26/h4-7,10,12H,3,8-9,11H2,1-2H3,(H2,22,24,28). The summed E-state index contributed by atoms with van der Waals surface area (Å²) in [5.41, 5.74) is 3.70. The SMILES string of the molecule is Cc1nn(Cc2ccc(F)cc2)c(C)c1NC(=S)NCCCn1cc(Cl)cn1. The number of nitrogens with one attached hydrogen (secondary N) is 2. The van der Waals surface area contributed by atoms with Crippen molar-refractivity contribution in [3.05, 3.63) is 64.5 Å². The molecule has 1 aromatic carbocycles. The highest BCUT2D eigenvalue weighted by molar-refractivity contribution is 7.80. The first-order valence-electron chi connectivity index (χ1n) is 8.93. The molecule has 2 aromatic heterocycles. The molecule has 0 amide bonds. The van der Waals surface area contributed by atoms with Crippen LogP contribution in [0.5, 0.6) is 0 Å². The molecule has 9 heteroatoms. The molecule has 0 atom stereocenters. The van der Waals surface area contributed by atoms with Crippen molar-refractivity contribution in [1.82, 2.24) is 24.9 Å². The molecular formula is C19H22ClFN6S. The largest absolute Gasteiger partial charge is 0.362 e. The molecule has 2 N–H and O–H groups in total. The van der Waals surface area contributed by atoms with Gasteiger partial charge in [-0.2, -0.15) is 10.2 Å². The summed E-state index contributed by atoms with van der Waals surface area (Å²) in [6.45, 7) is 5.96. The van der Waals surface area contributed by atoms with Gasteiger partial charge in [-0.3, -0.25) is 9.36 Å². The highest BCUT2D eigenvalue weighted by atomic mass is 35.5. The fraction of sp³-hybridized carbons (Fsp3) is 0.316. The summed E-state index contributed by atoms with van der Waals surface area (Å²) in [7, 11) is 0. The van der Waals surface area contributed by atoms with E-state index < -0.39 is 0 Å². The van der Waals surface area contributed by atoms with Crippen molar-refractivity contribution in [2.24, 2.45) is 0 Å². The third-order valence-corrected chi connectivity index (χ3v) is 4.76. The second-order valence-electron chi connectivity index (χ2n) is 6.49. The normalized spacial score (nSPS) is 10.9. The first-order valence-corrected chi connectivity index (χ1v) is 9.72. The molecule has 0 spiro atoms. The minimum atomic E-state index is -0.244. The van der Waals surface area contributed by atoms with Gasteiger partial charge < -0.3 is 10.6 Å². The monoisotopic (exact) mass is 420 g/mol. The van der Waals surface area contributed by atoms with E-state index in [1.807, 2.05) is 18.5 Å². The Morgan fingerprint density at radius 3 is 2.68 bits per heavy atom. The van der Waals surface area contributed by atoms with E-state index in [0.717, 1.165) is 35.6 Å². The van der Waals surface area contributed by atoms with Crippen molar-refractivity contribution >= 4 is 34.6 Å². The first-order chi connectivity index (χ1) is 13.4. The Kier molecular flexibility index (Phi) is 6.64. The molecule has 0 bridgehead atoms. The maximum Gasteiger partial charge on any atom is 0.170 e.